The average molecular weight is 309 g/mol. The van der Waals surface area contributed by atoms with Crippen LogP contribution < -0.4 is 10.6 Å². The fourth-order valence-corrected chi connectivity index (χ4v) is 2.27. The summed E-state index contributed by atoms with van der Waals surface area (Å²) in [5.41, 5.74) is 2.80. The third-order valence-corrected chi connectivity index (χ3v) is 3.40. The van der Waals surface area contributed by atoms with Gasteiger partial charge in [0, 0.05) is 18.9 Å². The number of nitrogens with zero attached hydrogens (tertiary/aromatic N) is 5. The molecule has 3 heterocycles. The molecule has 0 aliphatic carbocycles. The Morgan fingerprint density at radius 2 is 1.96 bits per heavy atom. The molecule has 0 bridgehead atoms. The molecule has 3 aromatic heterocycles. The van der Waals surface area contributed by atoms with Gasteiger partial charge in [0.15, 0.2) is 17.4 Å². The number of aromatic nitrogens is 4. The molecule has 23 heavy (non-hydrogen) atoms. The van der Waals surface area contributed by atoms with E-state index in [1.807, 2.05) is 53.9 Å². The average Bonchev–Trinajstić information content (AvgIpc) is 2.98. The molecule has 0 aliphatic rings. The third-order valence-electron chi connectivity index (χ3n) is 3.40. The van der Waals surface area contributed by atoms with Gasteiger partial charge < -0.3 is 10.6 Å². The number of hydrogen-bond donors (Lipinski definition) is 2. The molecule has 7 nitrogen and oxygen atoms in total. The van der Waals surface area contributed by atoms with Crippen molar-refractivity contribution in [3.05, 3.63) is 59.8 Å². The highest BCUT2D eigenvalue weighted by Crippen LogP contribution is 2.02. The molecule has 0 saturated heterocycles. The van der Waals surface area contributed by atoms with Gasteiger partial charge in [-0.15, -0.1) is 10.2 Å². The maximum Gasteiger partial charge on any atom is 0.191 e. The maximum absolute atomic E-state index is 4.46. The van der Waals surface area contributed by atoms with Crippen LogP contribution in [0.25, 0.3) is 5.65 Å². The van der Waals surface area contributed by atoms with Crippen LogP contribution in [0, 0.1) is 6.92 Å². The minimum Gasteiger partial charge on any atom is -0.351 e. The second-order valence-electron chi connectivity index (χ2n) is 5.09. The highest BCUT2D eigenvalue weighted by molar-refractivity contribution is 5.79. The van der Waals surface area contributed by atoms with E-state index >= 15 is 0 Å². The Morgan fingerprint density at radius 1 is 1.09 bits per heavy atom. The van der Waals surface area contributed by atoms with E-state index in [9.17, 15) is 0 Å². The SMILES string of the molecule is CN=C(NCc1cccc(C)n1)NCc1nnc2ccccn12. The number of pyridine rings is 2. The highest BCUT2D eigenvalue weighted by Gasteiger charge is 2.05. The molecule has 7 heteroatoms. The summed E-state index contributed by atoms with van der Waals surface area (Å²) in [4.78, 5) is 8.67. The van der Waals surface area contributed by atoms with Gasteiger partial charge in [0.1, 0.15) is 0 Å². The summed E-state index contributed by atoms with van der Waals surface area (Å²) in [5.74, 6) is 1.53. The van der Waals surface area contributed by atoms with Crippen LogP contribution in [0.1, 0.15) is 17.2 Å². The molecule has 118 valence electrons. The first-order chi connectivity index (χ1) is 11.3. The lowest BCUT2D eigenvalue weighted by atomic mass is 10.3. The minimum atomic E-state index is 0.534. The van der Waals surface area contributed by atoms with E-state index in [2.05, 4.69) is 30.8 Å². The van der Waals surface area contributed by atoms with Crippen LogP contribution >= 0.6 is 0 Å². The Labute approximate surface area is 134 Å². The largest absolute Gasteiger partial charge is 0.351 e. The topological polar surface area (TPSA) is 79.5 Å². The fraction of sp³-hybridized carbons (Fsp3) is 0.250. The number of guanidine groups is 1. The van der Waals surface area contributed by atoms with Crippen LogP contribution in [0.2, 0.25) is 0 Å². The summed E-state index contributed by atoms with van der Waals surface area (Å²) >= 11 is 0. The number of hydrogen-bond acceptors (Lipinski definition) is 4. The molecule has 0 unspecified atom stereocenters. The van der Waals surface area contributed by atoms with E-state index in [4.69, 9.17) is 0 Å². The molecule has 0 radical (unpaired) electrons. The van der Waals surface area contributed by atoms with Gasteiger partial charge in [-0.2, -0.15) is 0 Å². The Balaban J connectivity index is 1.60. The number of nitrogens with one attached hydrogen (secondary N) is 2. The Kier molecular flexibility index (Phi) is 4.46. The molecular formula is C16H19N7. The second-order valence-corrected chi connectivity index (χ2v) is 5.09. The van der Waals surface area contributed by atoms with Gasteiger partial charge in [0.2, 0.25) is 0 Å². The molecule has 0 saturated carbocycles. The number of aryl methyl sites for hydroxylation is 1. The number of aliphatic imine (C=N–C) groups is 1. The van der Waals surface area contributed by atoms with Gasteiger partial charge >= 0.3 is 0 Å². The quantitative estimate of drug-likeness (QED) is 0.561. The van der Waals surface area contributed by atoms with Crippen molar-refractivity contribution in [3.8, 4) is 0 Å². The zero-order valence-electron chi connectivity index (χ0n) is 13.2. The summed E-state index contributed by atoms with van der Waals surface area (Å²) in [6, 6.07) is 11.8. The first-order valence-electron chi connectivity index (χ1n) is 7.42. The molecule has 2 N–H and O–H groups in total. The predicted molar refractivity (Wildman–Crippen MR) is 89.0 cm³/mol. The first kappa shape index (κ1) is 15.0. The molecule has 0 spiro atoms. The van der Waals surface area contributed by atoms with Crippen molar-refractivity contribution >= 4 is 11.6 Å². The van der Waals surface area contributed by atoms with Crippen molar-refractivity contribution in [2.24, 2.45) is 4.99 Å². The Hall–Kier alpha value is -2.96. The summed E-state index contributed by atoms with van der Waals surface area (Å²) in [5, 5.41) is 14.8. The smallest absolute Gasteiger partial charge is 0.191 e. The van der Waals surface area contributed by atoms with E-state index in [-0.39, 0.29) is 0 Å². The van der Waals surface area contributed by atoms with Crippen LogP contribution in [0.3, 0.4) is 0 Å². The summed E-state index contributed by atoms with van der Waals surface area (Å²) in [7, 11) is 1.74. The fourth-order valence-electron chi connectivity index (χ4n) is 2.27. The summed E-state index contributed by atoms with van der Waals surface area (Å²) in [6.45, 7) is 3.13. The van der Waals surface area contributed by atoms with Crippen molar-refractivity contribution in [1.82, 2.24) is 30.2 Å². The molecule has 0 aromatic carbocycles. The van der Waals surface area contributed by atoms with Gasteiger partial charge in [-0.3, -0.25) is 14.4 Å². The maximum atomic E-state index is 4.46. The monoisotopic (exact) mass is 309 g/mol. The van der Waals surface area contributed by atoms with Crippen molar-refractivity contribution in [2.75, 3.05) is 7.05 Å². The molecular weight excluding hydrogens is 290 g/mol. The first-order valence-corrected chi connectivity index (χ1v) is 7.42. The van der Waals surface area contributed by atoms with E-state index in [0.717, 1.165) is 22.9 Å². The number of fused-ring (bicyclic) bond motifs is 1. The van der Waals surface area contributed by atoms with E-state index in [1.54, 1.807) is 7.05 Å². The normalized spacial score (nSPS) is 11.7. The van der Waals surface area contributed by atoms with Crippen LogP contribution in [-0.2, 0) is 13.1 Å². The Morgan fingerprint density at radius 3 is 2.78 bits per heavy atom. The van der Waals surface area contributed by atoms with Gasteiger partial charge in [0.25, 0.3) is 0 Å². The lowest BCUT2D eigenvalue weighted by Gasteiger charge is -2.11. The Bertz CT molecular complexity index is 822. The lowest BCUT2D eigenvalue weighted by molar-refractivity contribution is 0.755. The van der Waals surface area contributed by atoms with Crippen molar-refractivity contribution in [3.63, 3.8) is 0 Å². The molecule has 0 atom stereocenters. The zero-order chi connectivity index (χ0) is 16.1. The van der Waals surface area contributed by atoms with Gasteiger partial charge in [-0.1, -0.05) is 12.1 Å². The minimum absolute atomic E-state index is 0.534. The molecule has 3 rings (SSSR count). The molecule has 0 aliphatic heterocycles. The summed E-state index contributed by atoms with van der Waals surface area (Å²) < 4.78 is 1.95. The van der Waals surface area contributed by atoms with Crippen LogP contribution in [-0.4, -0.2) is 32.6 Å². The van der Waals surface area contributed by atoms with Gasteiger partial charge in [0.05, 0.1) is 18.8 Å². The standard InChI is InChI=1S/C16H19N7/c1-12-6-5-7-13(20-12)10-18-16(17-2)19-11-15-22-21-14-8-3-4-9-23(14)15/h3-9H,10-11H2,1-2H3,(H2,17,18,19). The van der Waals surface area contributed by atoms with E-state index in [1.165, 1.54) is 0 Å². The molecule has 0 fully saturated rings. The van der Waals surface area contributed by atoms with Crippen molar-refractivity contribution in [2.45, 2.75) is 20.0 Å². The zero-order valence-corrected chi connectivity index (χ0v) is 13.2. The highest BCUT2D eigenvalue weighted by atomic mass is 15.3. The van der Waals surface area contributed by atoms with Gasteiger partial charge in [-0.25, -0.2) is 0 Å². The number of rotatable bonds is 4. The summed E-state index contributed by atoms with van der Waals surface area (Å²) in [6.07, 6.45) is 1.94. The third kappa shape index (κ3) is 3.63. The predicted octanol–water partition coefficient (Wildman–Crippen LogP) is 1.30. The van der Waals surface area contributed by atoms with Crippen LogP contribution in [0.15, 0.2) is 47.6 Å². The molecule has 3 aromatic rings. The van der Waals surface area contributed by atoms with E-state index < -0.39 is 0 Å². The molecule has 0 amide bonds. The van der Waals surface area contributed by atoms with E-state index in [0.29, 0.717) is 19.0 Å². The van der Waals surface area contributed by atoms with Gasteiger partial charge in [-0.05, 0) is 31.2 Å². The van der Waals surface area contributed by atoms with Crippen LogP contribution in [0.5, 0.6) is 0 Å². The lowest BCUT2D eigenvalue weighted by Crippen LogP contribution is -2.37. The second kappa shape index (κ2) is 6.87. The van der Waals surface area contributed by atoms with Crippen LogP contribution in [0.4, 0.5) is 0 Å². The van der Waals surface area contributed by atoms with Crippen molar-refractivity contribution < 1.29 is 0 Å². The van der Waals surface area contributed by atoms with Crippen molar-refractivity contribution in [1.29, 1.82) is 0 Å².